The first kappa shape index (κ1) is 15.0. The molecule has 19 heavy (non-hydrogen) atoms. The highest BCUT2D eigenvalue weighted by atomic mass is 35.5. The van der Waals surface area contributed by atoms with E-state index in [1.807, 2.05) is 0 Å². The number of hydrogen-bond donors (Lipinski definition) is 2. The minimum Gasteiger partial charge on any atom is -0.326 e. The molecular formula is C11H13ClN2O2S3. The second-order valence-electron chi connectivity index (χ2n) is 3.87. The molecule has 0 aliphatic carbocycles. The van der Waals surface area contributed by atoms with Gasteiger partial charge in [-0.15, -0.1) is 22.7 Å². The average molecular weight is 337 g/mol. The number of aryl methyl sites for hydroxylation is 1. The fraction of sp³-hybridized carbons (Fsp3) is 0.273. The average Bonchev–Trinajstić information content (AvgIpc) is 2.93. The van der Waals surface area contributed by atoms with Crippen LogP contribution in [-0.4, -0.2) is 8.42 Å². The van der Waals surface area contributed by atoms with Gasteiger partial charge in [-0.2, -0.15) is 0 Å². The van der Waals surface area contributed by atoms with E-state index in [2.05, 4.69) is 4.72 Å². The van der Waals surface area contributed by atoms with Crippen molar-refractivity contribution in [3.05, 3.63) is 37.2 Å². The van der Waals surface area contributed by atoms with Gasteiger partial charge in [-0.1, -0.05) is 11.6 Å². The molecule has 2 rings (SSSR count). The van der Waals surface area contributed by atoms with E-state index in [9.17, 15) is 8.42 Å². The molecule has 0 spiro atoms. The van der Waals surface area contributed by atoms with Crippen molar-refractivity contribution in [1.29, 1.82) is 0 Å². The fourth-order valence-corrected chi connectivity index (χ4v) is 5.22. The molecule has 2 aromatic heterocycles. The zero-order chi connectivity index (χ0) is 14.0. The molecule has 2 heterocycles. The summed E-state index contributed by atoms with van der Waals surface area (Å²) in [5.74, 6) is 0. The van der Waals surface area contributed by atoms with Crippen molar-refractivity contribution >= 4 is 44.3 Å². The zero-order valence-electron chi connectivity index (χ0n) is 10.1. The first-order chi connectivity index (χ1) is 8.92. The summed E-state index contributed by atoms with van der Waals surface area (Å²) in [6.45, 7) is 2.37. The summed E-state index contributed by atoms with van der Waals surface area (Å²) >= 11 is 8.57. The number of hydrogen-bond acceptors (Lipinski definition) is 5. The van der Waals surface area contributed by atoms with Crippen molar-refractivity contribution in [2.24, 2.45) is 5.73 Å². The summed E-state index contributed by atoms with van der Waals surface area (Å²) in [6, 6.07) is 5.18. The fourth-order valence-electron chi connectivity index (χ4n) is 1.58. The molecule has 0 unspecified atom stereocenters. The van der Waals surface area contributed by atoms with Gasteiger partial charge in [0.2, 0.25) is 10.0 Å². The molecule has 0 atom stereocenters. The van der Waals surface area contributed by atoms with E-state index in [-0.39, 0.29) is 6.54 Å². The van der Waals surface area contributed by atoms with E-state index in [1.165, 1.54) is 22.7 Å². The van der Waals surface area contributed by atoms with E-state index in [4.69, 9.17) is 17.3 Å². The maximum Gasteiger partial charge on any atom is 0.242 e. The van der Waals surface area contributed by atoms with Gasteiger partial charge in [0.05, 0.1) is 9.23 Å². The third-order valence-electron chi connectivity index (χ3n) is 2.48. The first-order valence-corrected chi connectivity index (χ1v) is 8.95. The Labute approximate surface area is 125 Å². The third kappa shape index (κ3) is 3.56. The lowest BCUT2D eigenvalue weighted by Crippen LogP contribution is -2.22. The number of nitrogens with one attached hydrogen (secondary N) is 1. The van der Waals surface area contributed by atoms with Crippen LogP contribution in [-0.2, 0) is 23.1 Å². The lowest BCUT2D eigenvalue weighted by molar-refractivity contribution is 0.581. The molecule has 0 saturated carbocycles. The Kier molecular flexibility index (Phi) is 4.65. The minimum atomic E-state index is -3.50. The molecule has 104 valence electrons. The van der Waals surface area contributed by atoms with E-state index < -0.39 is 10.0 Å². The molecule has 0 aromatic carbocycles. The van der Waals surface area contributed by atoms with Crippen LogP contribution in [0.5, 0.6) is 0 Å². The Morgan fingerprint density at radius 1 is 1.32 bits per heavy atom. The molecule has 4 nitrogen and oxygen atoms in total. The van der Waals surface area contributed by atoms with Crippen LogP contribution < -0.4 is 10.5 Å². The summed E-state index contributed by atoms with van der Waals surface area (Å²) in [7, 11) is -3.50. The van der Waals surface area contributed by atoms with Crippen LogP contribution in [0, 0.1) is 6.92 Å². The van der Waals surface area contributed by atoms with Crippen LogP contribution in [0.15, 0.2) is 23.1 Å². The molecule has 0 radical (unpaired) electrons. The third-order valence-corrected chi connectivity index (χ3v) is 6.44. The summed E-state index contributed by atoms with van der Waals surface area (Å²) in [6.07, 6.45) is 0. The first-order valence-electron chi connectivity index (χ1n) is 5.45. The van der Waals surface area contributed by atoms with E-state index in [0.29, 0.717) is 15.8 Å². The van der Waals surface area contributed by atoms with E-state index in [0.717, 1.165) is 14.6 Å². The molecule has 8 heteroatoms. The summed E-state index contributed by atoms with van der Waals surface area (Å²) < 4.78 is 27.6. The monoisotopic (exact) mass is 336 g/mol. The van der Waals surface area contributed by atoms with Gasteiger partial charge in [-0.3, -0.25) is 0 Å². The van der Waals surface area contributed by atoms with Crippen molar-refractivity contribution in [3.8, 4) is 0 Å². The predicted molar refractivity (Wildman–Crippen MR) is 80.3 cm³/mol. The molecule has 0 amide bonds. The SMILES string of the molecule is Cc1sc(CN)cc1S(=O)(=O)NCc1ccc(Cl)s1. The lowest BCUT2D eigenvalue weighted by atomic mass is 10.4. The van der Waals surface area contributed by atoms with Gasteiger partial charge >= 0.3 is 0 Å². The quantitative estimate of drug-likeness (QED) is 0.881. The number of sulfonamides is 1. The molecule has 0 saturated heterocycles. The normalized spacial score (nSPS) is 11.9. The van der Waals surface area contributed by atoms with Crippen LogP contribution >= 0.6 is 34.3 Å². The Balaban J connectivity index is 2.15. The van der Waals surface area contributed by atoms with Gasteiger partial charge in [0, 0.05) is 27.7 Å². The van der Waals surface area contributed by atoms with Crippen LogP contribution in [0.25, 0.3) is 0 Å². The second kappa shape index (κ2) is 5.90. The summed E-state index contributed by atoms with van der Waals surface area (Å²) in [4.78, 5) is 2.79. The maximum absolute atomic E-state index is 12.2. The van der Waals surface area contributed by atoms with Crippen molar-refractivity contribution in [3.63, 3.8) is 0 Å². The minimum absolute atomic E-state index is 0.243. The maximum atomic E-state index is 12.2. The number of thiophene rings is 2. The van der Waals surface area contributed by atoms with Gasteiger partial charge in [-0.05, 0) is 25.1 Å². The number of rotatable bonds is 5. The zero-order valence-corrected chi connectivity index (χ0v) is 13.3. The standard InChI is InChI=1S/C11H13ClN2O2S3/c1-7-10(4-9(5-13)17-7)19(15,16)14-6-8-2-3-11(12)18-8/h2-4,14H,5-6,13H2,1H3. The van der Waals surface area contributed by atoms with E-state index in [1.54, 1.807) is 25.1 Å². The highest BCUT2D eigenvalue weighted by Crippen LogP contribution is 2.26. The smallest absolute Gasteiger partial charge is 0.242 e. The summed E-state index contributed by atoms with van der Waals surface area (Å²) in [5, 5.41) is 0. The van der Waals surface area contributed by atoms with Gasteiger partial charge in [0.15, 0.2) is 0 Å². The van der Waals surface area contributed by atoms with Crippen LogP contribution in [0.2, 0.25) is 4.34 Å². The van der Waals surface area contributed by atoms with Gasteiger partial charge in [-0.25, -0.2) is 13.1 Å². The molecule has 0 bridgehead atoms. The Bertz CT molecular complexity index is 676. The molecule has 0 fully saturated rings. The molecule has 2 aromatic rings. The summed E-state index contributed by atoms with van der Waals surface area (Å²) in [5.41, 5.74) is 5.53. The molecule has 3 N–H and O–H groups in total. The van der Waals surface area contributed by atoms with Crippen molar-refractivity contribution in [1.82, 2.24) is 4.72 Å². The second-order valence-corrected chi connectivity index (χ2v) is 8.74. The molecule has 0 aliphatic heterocycles. The van der Waals surface area contributed by atoms with Crippen LogP contribution in [0.3, 0.4) is 0 Å². The number of nitrogens with two attached hydrogens (primary N) is 1. The van der Waals surface area contributed by atoms with Gasteiger partial charge in [0.1, 0.15) is 0 Å². The molecule has 0 aliphatic rings. The topological polar surface area (TPSA) is 72.2 Å². The Morgan fingerprint density at radius 3 is 2.58 bits per heavy atom. The predicted octanol–water partition coefficient (Wildman–Crippen LogP) is 2.71. The van der Waals surface area contributed by atoms with Crippen LogP contribution in [0.4, 0.5) is 0 Å². The van der Waals surface area contributed by atoms with E-state index >= 15 is 0 Å². The number of halogens is 1. The Morgan fingerprint density at radius 2 is 2.05 bits per heavy atom. The highest BCUT2D eigenvalue weighted by molar-refractivity contribution is 7.89. The van der Waals surface area contributed by atoms with Gasteiger partial charge < -0.3 is 5.73 Å². The Hall–Kier alpha value is -0.440. The van der Waals surface area contributed by atoms with Gasteiger partial charge in [0.25, 0.3) is 0 Å². The molecular weight excluding hydrogens is 324 g/mol. The van der Waals surface area contributed by atoms with Crippen molar-refractivity contribution in [2.75, 3.05) is 0 Å². The largest absolute Gasteiger partial charge is 0.326 e. The lowest BCUT2D eigenvalue weighted by Gasteiger charge is -2.04. The van der Waals surface area contributed by atoms with Crippen LogP contribution in [0.1, 0.15) is 14.6 Å². The van der Waals surface area contributed by atoms with Crippen molar-refractivity contribution in [2.45, 2.75) is 24.9 Å². The highest BCUT2D eigenvalue weighted by Gasteiger charge is 2.19. The van der Waals surface area contributed by atoms with Crippen molar-refractivity contribution < 1.29 is 8.42 Å².